The molecule has 0 aliphatic heterocycles. The van der Waals surface area contributed by atoms with Crippen LogP contribution in [0.15, 0.2) is 91.0 Å². The summed E-state index contributed by atoms with van der Waals surface area (Å²) in [6, 6.07) is 21.8. The van der Waals surface area contributed by atoms with E-state index in [9.17, 15) is 33.6 Å². The minimum atomic E-state index is -1.54. The van der Waals surface area contributed by atoms with Crippen LogP contribution in [0.2, 0.25) is 0 Å². The Balaban J connectivity index is 1.71. The fraction of sp³-hybridized carbons (Fsp3) is 0.359. The van der Waals surface area contributed by atoms with Crippen LogP contribution in [-0.4, -0.2) is 92.6 Å². The highest BCUT2D eigenvalue weighted by Crippen LogP contribution is 2.07. The molecule has 0 saturated carbocycles. The second-order valence-electron chi connectivity index (χ2n) is 13.2. The van der Waals surface area contributed by atoms with Crippen LogP contribution in [0.3, 0.4) is 0 Å². The lowest BCUT2D eigenvalue weighted by molar-refractivity contribution is -0.143. The summed E-state index contributed by atoms with van der Waals surface area (Å²) < 4.78 is 25.7. The van der Waals surface area contributed by atoms with Gasteiger partial charge >= 0.3 is 30.3 Å². The number of hydrogen-bond donors (Lipinski definition) is 6. The molecule has 3 rings (SSSR count). The van der Waals surface area contributed by atoms with Crippen molar-refractivity contribution in [3.8, 4) is 0 Å². The maximum atomic E-state index is 13.5. The van der Waals surface area contributed by atoms with Crippen molar-refractivity contribution < 1.29 is 57.2 Å². The molecule has 0 unspecified atom stereocenters. The molecule has 3 atom stereocenters. The van der Waals surface area contributed by atoms with E-state index in [0.717, 1.165) is 7.11 Å². The van der Waals surface area contributed by atoms with E-state index < -0.39 is 85.5 Å². The van der Waals surface area contributed by atoms with Gasteiger partial charge in [-0.1, -0.05) is 91.0 Å². The van der Waals surface area contributed by atoms with Crippen LogP contribution in [0.25, 0.3) is 0 Å². The van der Waals surface area contributed by atoms with E-state index in [2.05, 4.69) is 31.9 Å². The highest BCUT2D eigenvalue weighted by atomic mass is 16.6. The molecule has 0 spiro atoms. The van der Waals surface area contributed by atoms with Gasteiger partial charge in [0.2, 0.25) is 11.8 Å². The van der Waals surface area contributed by atoms with Crippen molar-refractivity contribution in [1.82, 2.24) is 31.9 Å². The van der Waals surface area contributed by atoms with Crippen LogP contribution in [0.5, 0.6) is 0 Å². The number of carbonyl (C=O) groups is 7. The average molecular weight is 793 g/mol. The fourth-order valence-electron chi connectivity index (χ4n) is 4.63. The molecule has 0 bridgehead atoms. The van der Waals surface area contributed by atoms with E-state index in [1.54, 1.807) is 112 Å². The van der Waals surface area contributed by atoms with Crippen LogP contribution in [0, 0.1) is 0 Å². The largest absolute Gasteiger partial charge is 0.467 e. The van der Waals surface area contributed by atoms with Gasteiger partial charge < -0.3 is 55.6 Å². The number of methoxy groups -OCH3 is 1. The van der Waals surface area contributed by atoms with Crippen molar-refractivity contribution in [1.29, 1.82) is 0 Å². The Kier molecular flexibility index (Phi) is 18.1. The Bertz CT molecular complexity index is 1770. The third-order valence-electron chi connectivity index (χ3n) is 7.44. The normalized spacial score (nSPS) is 12.2. The zero-order valence-corrected chi connectivity index (χ0v) is 32.0. The van der Waals surface area contributed by atoms with Crippen molar-refractivity contribution in [3.63, 3.8) is 0 Å². The molecule has 18 nitrogen and oxygen atoms in total. The number of ether oxygens (including phenoxy) is 5. The Morgan fingerprint density at radius 1 is 0.491 bits per heavy atom. The molecule has 0 heterocycles. The minimum Gasteiger partial charge on any atom is -0.467 e. The first-order valence-electron chi connectivity index (χ1n) is 17.7. The first-order chi connectivity index (χ1) is 27.2. The van der Waals surface area contributed by atoms with Gasteiger partial charge in [0.05, 0.1) is 13.7 Å². The molecule has 306 valence electrons. The van der Waals surface area contributed by atoms with E-state index in [1.165, 1.54) is 0 Å². The molecule has 0 radical (unpaired) electrons. The smallest absolute Gasteiger partial charge is 0.408 e. The Labute approximate surface area is 329 Å². The summed E-state index contributed by atoms with van der Waals surface area (Å²) in [5, 5.41) is 14.4. The van der Waals surface area contributed by atoms with E-state index in [4.69, 9.17) is 23.7 Å². The van der Waals surface area contributed by atoms with Crippen molar-refractivity contribution in [2.24, 2.45) is 0 Å². The van der Waals surface area contributed by atoms with Crippen LogP contribution >= 0.6 is 0 Å². The first kappa shape index (κ1) is 44.5. The lowest BCUT2D eigenvalue weighted by Gasteiger charge is -2.24. The number of rotatable bonds is 18. The minimum absolute atomic E-state index is 0.0996. The van der Waals surface area contributed by atoms with Gasteiger partial charge in [-0.15, -0.1) is 0 Å². The number of benzene rings is 3. The highest BCUT2D eigenvalue weighted by molar-refractivity contribution is 5.90. The molecule has 3 aromatic carbocycles. The van der Waals surface area contributed by atoms with Crippen molar-refractivity contribution >= 4 is 42.2 Å². The SMILES string of the molecule is COC(=O)[C@H](CNC(=O)[C@H](CNC(=O)[C@H](CNC(=O)OC(C)(C)C)NC(=O)OCc1ccccc1)NC(=O)OCc1ccccc1)NC(=O)OCc1ccccc1. The van der Waals surface area contributed by atoms with Crippen LogP contribution < -0.4 is 31.9 Å². The van der Waals surface area contributed by atoms with Gasteiger partial charge in [0.25, 0.3) is 0 Å². The van der Waals surface area contributed by atoms with E-state index in [1.807, 2.05) is 0 Å². The van der Waals surface area contributed by atoms with Crippen molar-refractivity contribution in [2.45, 2.75) is 64.3 Å². The summed E-state index contributed by atoms with van der Waals surface area (Å²) >= 11 is 0. The number of amides is 6. The fourth-order valence-corrected chi connectivity index (χ4v) is 4.63. The topological polar surface area (TPSA) is 238 Å². The standard InChI is InChI=1S/C39H48N6O12/c1-39(2,3)57-35(49)42-21-30(44-37(51)55-24-27-16-10-6-11-17-27)33(47)40-20-29(43-36(50)54-23-26-14-8-5-9-15-26)32(46)41-22-31(34(48)53-4)45-38(52)56-25-28-18-12-7-13-19-28/h5-19,29-31H,20-25H2,1-4H3,(H,40,47)(H,41,46)(H,42,49)(H,43,50)(H,44,51)(H,45,52)/t29-,30-,31-/m0/s1. The van der Waals surface area contributed by atoms with Gasteiger partial charge in [-0.25, -0.2) is 24.0 Å². The lowest BCUT2D eigenvalue weighted by atomic mass is 10.2. The third kappa shape index (κ3) is 17.9. The second-order valence-corrected chi connectivity index (χ2v) is 13.2. The molecule has 0 aliphatic rings. The zero-order valence-electron chi connectivity index (χ0n) is 32.0. The number of carbonyl (C=O) groups excluding carboxylic acids is 7. The maximum Gasteiger partial charge on any atom is 0.408 e. The Morgan fingerprint density at radius 2 is 0.825 bits per heavy atom. The maximum absolute atomic E-state index is 13.5. The molecule has 0 aromatic heterocycles. The quantitative estimate of drug-likeness (QED) is 0.0806. The van der Waals surface area contributed by atoms with Crippen LogP contribution in [0.4, 0.5) is 19.2 Å². The predicted octanol–water partition coefficient (Wildman–Crippen LogP) is 2.80. The van der Waals surface area contributed by atoms with Crippen LogP contribution in [0.1, 0.15) is 37.5 Å². The molecule has 6 amide bonds. The average Bonchev–Trinajstić information content (AvgIpc) is 3.20. The first-order valence-corrected chi connectivity index (χ1v) is 17.7. The van der Waals surface area contributed by atoms with E-state index >= 15 is 0 Å². The van der Waals surface area contributed by atoms with Gasteiger partial charge in [0.1, 0.15) is 43.5 Å². The summed E-state index contributed by atoms with van der Waals surface area (Å²) in [6.45, 7) is 2.98. The Hall–Kier alpha value is -6.85. The van der Waals surface area contributed by atoms with Crippen LogP contribution in [-0.2, 0) is 57.9 Å². The van der Waals surface area contributed by atoms with Gasteiger partial charge in [-0.3, -0.25) is 9.59 Å². The predicted molar refractivity (Wildman–Crippen MR) is 203 cm³/mol. The summed E-state index contributed by atoms with van der Waals surface area (Å²) in [6.07, 6.45) is -3.88. The second kappa shape index (κ2) is 23.2. The monoisotopic (exact) mass is 792 g/mol. The third-order valence-corrected chi connectivity index (χ3v) is 7.44. The number of alkyl carbamates (subject to hydrolysis) is 4. The van der Waals surface area contributed by atoms with E-state index in [0.29, 0.717) is 16.7 Å². The molecule has 0 saturated heterocycles. The van der Waals surface area contributed by atoms with Crippen molar-refractivity contribution in [2.75, 3.05) is 26.7 Å². The molecular formula is C39H48N6O12. The highest BCUT2D eigenvalue weighted by Gasteiger charge is 2.29. The number of esters is 1. The van der Waals surface area contributed by atoms with Gasteiger partial charge in [0.15, 0.2) is 0 Å². The summed E-state index contributed by atoms with van der Waals surface area (Å²) in [7, 11) is 1.08. The Morgan fingerprint density at radius 3 is 1.18 bits per heavy atom. The molecule has 57 heavy (non-hydrogen) atoms. The summed E-state index contributed by atoms with van der Waals surface area (Å²) in [5.74, 6) is -2.73. The summed E-state index contributed by atoms with van der Waals surface area (Å²) in [5.41, 5.74) is 1.15. The molecule has 6 N–H and O–H groups in total. The molecule has 0 aliphatic carbocycles. The summed E-state index contributed by atoms with van der Waals surface area (Å²) in [4.78, 5) is 90.0. The van der Waals surface area contributed by atoms with E-state index in [-0.39, 0.29) is 19.8 Å². The lowest BCUT2D eigenvalue weighted by Crippen LogP contribution is -2.58. The molecule has 18 heteroatoms. The molecule has 0 fully saturated rings. The van der Waals surface area contributed by atoms with Crippen molar-refractivity contribution in [3.05, 3.63) is 108 Å². The number of nitrogens with one attached hydrogen (secondary N) is 6. The van der Waals surface area contributed by atoms with Gasteiger partial charge in [-0.05, 0) is 37.5 Å². The zero-order chi connectivity index (χ0) is 41.6. The molecular weight excluding hydrogens is 744 g/mol. The number of hydrogen-bond acceptors (Lipinski definition) is 12. The van der Waals surface area contributed by atoms with Gasteiger partial charge in [0, 0.05) is 13.1 Å². The van der Waals surface area contributed by atoms with Gasteiger partial charge in [-0.2, -0.15) is 0 Å². The molecule has 3 aromatic rings.